The minimum absolute atomic E-state index is 0.128. The second kappa shape index (κ2) is 6.93. The number of nitro benzene ring substituents is 1. The van der Waals surface area contributed by atoms with E-state index in [9.17, 15) is 23.3 Å². The Hall–Kier alpha value is -1.52. The number of halogens is 1. The van der Waals surface area contributed by atoms with Crippen LogP contribution in [-0.4, -0.2) is 42.9 Å². The molecule has 1 aromatic carbocycles. The fourth-order valence-corrected chi connectivity index (χ4v) is 3.74. The number of carbonyl (C=O) groups is 1. The van der Waals surface area contributed by atoms with E-state index >= 15 is 0 Å². The molecule has 1 heterocycles. The highest BCUT2D eigenvalue weighted by atomic mass is 79.9. The van der Waals surface area contributed by atoms with Crippen molar-refractivity contribution in [2.24, 2.45) is 5.92 Å². The Morgan fingerprint density at radius 2 is 2.17 bits per heavy atom. The van der Waals surface area contributed by atoms with Gasteiger partial charge in [-0.1, -0.05) is 0 Å². The highest BCUT2D eigenvalue weighted by Gasteiger charge is 2.30. The van der Waals surface area contributed by atoms with E-state index in [4.69, 9.17) is 0 Å². The first-order valence-electron chi connectivity index (χ1n) is 6.88. The molecule has 2 rings (SSSR count). The number of nitrogens with one attached hydrogen (secondary N) is 1. The normalized spacial score (nSPS) is 19.3. The number of nitro groups is 1. The van der Waals surface area contributed by atoms with Gasteiger partial charge in [0.1, 0.15) is 0 Å². The van der Waals surface area contributed by atoms with Gasteiger partial charge in [0.15, 0.2) is 0 Å². The van der Waals surface area contributed by atoms with Gasteiger partial charge in [-0.2, -0.15) is 0 Å². The number of rotatable bonds is 4. The molecule has 1 saturated heterocycles. The molecule has 0 saturated carbocycles. The van der Waals surface area contributed by atoms with Crippen molar-refractivity contribution in [3.63, 3.8) is 0 Å². The Bertz CT molecular complexity index is 737. The van der Waals surface area contributed by atoms with Crippen molar-refractivity contribution >= 4 is 43.2 Å². The van der Waals surface area contributed by atoms with Gasteiger partial charge in [-0.25, -0.2) is 12.7 Å². The zero-order valence-electron chi connectivity index (χ0n) is 12.4. The number of hydrogen-bond donors (Lipinski definition) is 1. The molecule has 0 unspecified atom stereocenters. The van der Waals surface area contributed by atoms with Crippen LogP contribution < -0.4 is 5.32 Å². The van der Waals surface area contributed by atoms with Crippen LogP contribution in [0.1, 0.15) is 12.8 Å². The maximum Gasteiger partial charge on any atom is 0.285 e. The van der Waals surface area contributed by atoms with E-state index in [1.54, 1.807) is 6.07 Å². The van der Waals surface area contributed by atoms with Crippen molar-refractivity contribution in [1.29, 1.82) is 0 Å². The van der Waals surface area contributed by atoms with E-state index in [0.717, 1.165) is 6.26 Å². The van der Waals surface area contributed by atoms with Crippen LogP contribution in [-0.2, 0) is 14.8 Å². The molecule has 126 valence electrons. The van der Waals surface area contributed by atoms with Crippen molar-refractivity contribution in [2.45, 2.75) is 12.8 Å². The second-order valence-corrected chi connectivity index (χ2v) is 8.21. The van der Waals surface area contributed by atoms with E-state index in [2.05, 4.69) is 21.2 Å². The van der Waals surface area contributed by atoms with Gasteiger partial charge in [0.2, 0.25) is 15.9 Å². The van der Waals surface area contributed by atoms with Crippen molar-refractivity contribution in [1.82, 2.24) is 4.31 Å². The van der Waals surface area contributed by atoms with Crippen LogP contribution in [0.4, 0.5) is 11.4 Å². The van der Waals surface area contributed by atoms with Crippen LogP contribution >= 0.6 is 15.9 Å². The van der Waals surface area contributed by atoms with E-state index in [1.165, 1.54) is 16.4 Å². The molecule has 1 N–H and O–H groups in total. The summed E-state index contributed by atoms with van der Waals surface area (Å²) in [7, 11) is -3.33. The van der Waals surface area contributed by atoms with E-state index < -0.39 is 20.9 Å². The molecule has 1 aliphatic heterocycles. The van der Waals surface area contributed by atoms with Gasteiger partial charge >= 0.3 is 0 Å². The third-order valence-electron chi connectivity index (χ3n) is 3.63. The van der Waals surface area contributed by atoms with Crippen molar-refractivity contribution in [2.75, 3.05) is 24.7 Å². The molecule has 0 aromatic heterocycles. The first kappa shape index (κ1) is 17.8. The van der Waals surface area contributed by atoms with Crippen LogP contribution in [0.3, 0.4) is 0 Å². The molecule has 8 nitrogen and oxygen atoms in total. The lowest BCUT2D eigenvalue weighted by atomic mass is 9.98. The van der Waals surface area contributed by atoms with E-state index in [0.29, 0.717) is 29.5 Å². The maximum atomic E-state index is 12.3. The smallest absolute Gasteiger partial charge is 0.285 e. The number of benzene rings is 1. The molecular formula is C13H16BrN3O5S. The molecule has 0 bridgehead atoms. The molecule has 1 fully saturated rings. The predicted octanol–water partition coefficient (Wildman–Crippen LogP) is 1.97. The quantitative estimate of drug-likeness (QED) is 0.607. The second-order valence-electron chi connectivity index (χ2n) is 5.37. The number of anilines is 1. The highest BCUT2D eigenvalue weighted by Crippen LogP contribution is 2.28. The maximum absolute atomic E-state index is 12.3. The Morgan fingerprint density at radius 1 is 1.48 bits per heavy atom. The average molecular weight is 406 g/mol. The number of carbonyl (C=O) groups excluding carboxylic acids is 1. The number of hydrogen-bond acceptors (Lipinski definition) is 5. The topological polar surface area (TPSA) is 110 Å². The largest absolute Gasteiger partial charge is 0.326 e. The minimum Gasteiger partial charge on any atom is -0.326 e. The monoisotopic (exact) mass is 405 g/mol. The standard InChI is InChI=1S/C13H16BrN3O5S/c1-23(21,22)16-6-2-3-9(8-16)13(18)15-10-4-5-11(14)12(7-10)17(19)20/h4-5,7,9H,2-3,6,8H2,1H3,(H,15,18)/t9-/m0/s1. The van der Waals surface area contributed by atoms with Crippen LogP contribution in [0.25, 0.3) is 0 Å². The first-order valence-corrected chi connectivity index (χ1v) is 9.52. The molecule has 10 heteroatoms. The minimum atomic E-state index is -3.33. The van der Waals surface area contributed by atoms with Gasteiger partial charge in [-0.15, -0.1) is 0 Å². The summed E-state index contributed by atoms with van der Waals surface area (Å²) in [6, 6.07) is 4.29. The fraction of sp³-hybridized carbons (Fsp3) is 0.462. The number of nitrogens with zero attached hydrogens (tertiary/aromatic N) is 2. The molecule has 1 aliphatic rings. The SMILES string of the molecule is CS(=O)(=O)N1CCC[C@H](C(=O)Nc2ccc(Br)c([N+](=O)[O-])c2)C1. The Balaban J connectivity index is 2.10. The average Bonchev–Trinajstić information content (AvgIpc) is 2.48. The van der Waals surface area contributed by atoms with Crippen molar-refractivity contribution in [3.05, 3.63) is 32.8 Å². The van der Waals surface area contributed by atoms with Gasteiger partial charge in [-0.05, 0) is 40.9 Å². The molecule has 23 heavy (non-hydrogen) atoms. The molecular weight excluding hydrogens is 390 g/mol. The summed E-state index contributed by atoms with van der Waals surface area (Å²) in [5.41, 5.74) is 0.158. The number of amides is 1. The van der Waals surface area contributed by atoms with Crippen LogP contribution in [0.15, 0.2) is 22.7 Å². The summed E-state index contributed by atoms with van der Waals surface area (Å²) in [5, 5.41) is 13.5. The lowest BCUT2D eigenvalue weighted by molar-refractivity contribution is -0.385. The van der Waals surface area contributed by atoms with Crippen molar-refractivity contribution in [3.8, 4) is 0 Å². The van der Waals surface area contributed by atoms with Crippen molar-refractivity contribution < 1.29 is 18.1 Å². The Morgan fingerprint density at radius 3 is 2.78 bits per heavy atom. The van der Waals surface area contributed by atoms with Gasteiger partial charge in [-0.3, -0.25) is 14.9 Å². The van der Waals surface area contributed by atoms with Gasteiger partial charge in [0, 0.05) is 24.8 Å². The number of piperidine rings is 1. The van der Waals surface area contributed by atoms with Gasteiger partial charge in [0.25, 0.3) is 5.69 Å². The summed E-state index contributed by atoms with van der Waals surface area (Å²) in [6.07, 6.45) is 2.30. The molecule has 1 aromatic rings. The third-order valence-corrected chi connectivity index (χ3v) is 5.57. The third kappa shape index (κ3) is 4.49. The number of sulfonamides is 1. The van der Waals surface area contributed by atoms with Crippen LogP contribution in [0.2, 0.25) is 0 Å². The molecule has 1 amide bonds. The zero-order valence-corrected chi connectivity index (χ0v) is 14.8. The van der Waals surface area contributed by atoms with Gasteiger partial charge < -0.3 is 5.32 Å². The summed E-state index contributed by atoms with van der Waals surface area (Å²) in [5.74, 6) is -0.809. The molecule has 0 spiro atoms. The summed E-state index contributed by atoms with van der Waals surface area (Å²) < 4.78 is 24.8. The first-order chi connectivity index (χ1) is 10.7. The highest BCUT2D eigenvalue weighted by molar-refractivity contribution is 9.10. The molecule has 0 aliphatic carbocycles. The molecule has 1 atom stereocenters. The summed E-state index contributed by atoms with van der Waals surface area (Å²) >= 11 is 3.08. The summed E-state index contributed by atoms with van der Waals surface area (Å²) in [6.45, 7) is 0.537. The van der Waals surface area contributed by atoms with Crippen LogP contribution in [0.5, 0.6) is 0 Å². The van der Waals surface area contributed by atoms with Crippen LogP contribution in [0, 0.1) is 16.0 Å². The Labute approximate surface area is 142 Å². The molecule has 0 radical (unpaired) electrons. The van der Waals surface area contributed by atoms with E-state index in [1.807, 2.05) is 0 Å². The lowest BCUT2D eigenvalue weighted by Crippen LogP contribution is -2.43. The fourth-order valence-electron chi connectivity index (χ4n) is 2.43. The zero-order chi connectivity index (χ0) is 17.2. The predicted molar refractivity (Wildman–Crippen MR) is 88.6 cm³/mol. The lowest BCUT2D eigenvalue weighted by Gasteiger charge is -2.30. The summed E-state index contributed by atoms with van der Waals surface area (Å²) in [4.78, 5) is 22.6. The van der Waals surface area contributed by atoms with Gasteiger partial charge in [0.05, 0.1) is 21.6 Å². The Kier molecular flexibility index (Phi) is 5.37. The van der Waals surface area contributed by atoms with E-state index in [-0.39, 0.29) is 18.1 Å².